The first-order valence-corrected chi connectivity index (χ1v) is 6.70. The molecule has 1 aliphatic rings. The number of hydrogen-bond donors (Lipinski definition) is 1. The van der Waals surface area contributed by atoms with Crippen molar-refractivity contribution in [1.29, 1.82) is 0 Å². The van der Waals surface area contributed by atoms with Gasteiger partial charge in [0.25, 0.3) is 0 Å². The van der Waals surface area contributed by atoms with Crippen LogP contribution in [0, 0.1) is 0 Å². The number of amides is 1. The number of nitrogens with zero attached hydrogens (tertiary/aromatic N) is 1. The second-order valence-corrected chi connectivity index (χ2v) is 5.09. The lowest BCUT2D eigenvalue weighted by Gasteiger charge is -2.19. The molecule has 1 unspecified atom stereocenters. The van der Waals surface area contributed by atoms with Crippen LogP contribution in [0.3, 0.4) is 0 Å². The first kappa shape index (κ1) is 14.9. The van der Waals surface area contributed by atoms with E-state index in [-0.39, 0.29) is 24.4 Å². The summed E-state index contributed by atoms with van der Waals surface area (Å²) in [6.07, 6.45) is 2.01. The Kier molecular flexibility index (Phi) is 4.68. The number of halogens is 1. The number of para-hydroxylation sites is 1. The molecule has 0 radical (unpaired) electrons. The molecule has 1 saturated heterocycles. The van der Waals surface area contributed by atoms with E-state index in [1.165, 1.54) is 0 Å². The quantitative estimate of drug-likeness (QED) is 0.946. The number of carbonyl (C=O) groups is 1. The largest absolute Gasteiger partial charge is 0.459 e. The van der Waals surface area contributed by atoms with Gasteiger partial charge in [-0.25, -0.2) is 0 Å². The molecule has 0 bridgehead atoms. The molecule has 1 aromatic heterocycles. The van der Waals surface area contributed by atoms with E-state index < -0.39 is 0 Å². The second-order valence-electron chi connectivity index (χ2n) is 5.09. The number of benzene rings is 1. The number of fused-ring (bicyclic) bond motifs is 1. The van der Waals surface area contributed by atoms with Gasteiger partial charge in [-0.15, -0.1) is 12.4 Å². The second kappa shape index (κ2) is 6.29. The van der Waals surface area contributed by atoms with Crippen molar-refractivity contribution >= 4 is 29.3 Å². The molecule has 0 saturated carbocycles. The van der Waals surface area contributed by atoms with Crippen LogP contribution < -0.4 is 5.32 Å². The van der Waals surface area contributed by atoms with E-state index in [0.29, 0.717) is 6.54 Å². The maximum atomic E-state index is 12.2. The predicted octanol–water partition coefficient (Wildman–Crippen LogP) is 2.57. The van der Waals surface area contributed by atoms with E-state index in [1.807, 2.05) is 37.4 Å². The summed E-state index contributed by atoms with van der Waals surface area (Å²) in [5.74, 6) is 0.980. The first-order chi connectivity index (χ1) is 9.24. The van der Waals surface area contributed by atoms with Gasteiger partial charge in [-0.3, -0.25) is 4.79 Å². The van der Waals surface area contributed by atoms with Crippen molar-refractivity contribution in [2.45, 2.75) is 25.4 Å². The average Bonchev–Trinajstić information content (AvgIpc) is 3.06. The van der Waals surface area contributed by atoms with Crippen LogP contribution in [-0.2, 0) is 11.3 Å². The Labute approximate surface area is 124 Å². The summed E-state index contributed by atoms with van der Waals surface area (Å²) in [5.41, 5.74) is 0.873. The highest BCUT2D eigenvalue weighted by Gasteiger charge is 2.25. The molecule has 2 aromatic rings. The van der Waals surface area contributed by atoms with E-state index in [0.717, 1.165) is 36.1 Å². The zero-order chi connectivity index (χ0) is 13.2. The minimum atomic E-state index is -0.0191. The Morgan fingerprint density at radius 3 is 2.95 bits per heavy atom. The van der Waals surface area contributed by atoms with Gasteiger partial charge in [0.1, 0.15) is 11.3 Å². The maximum Gasteiger partial charge on any atom is 0.239 e. The molecule has 2 heterocycles. The van der Waals surface area contributed by atoms with E-state index in [1.54, 1.807) is 4.90 Å². The van der Waals surface area contributed by atoms with Crippen LogP contribution >= 0.6 is 12.4 Å². The maximum absolute atomic E-state index is 12.2. The molecular weight excluding hydrogens is 276 g/mol. The molecule has 3 rings (SSSR count). The van der Waals surface area contributed by atoms with Crippen molar-refractivity contribution < 1.29 is 9.21 Å². The van der Waals surface area contributed by atoms with E-state index in [2.05, 4.69) is 5.32 Å². The molecule has 1 atom stereocenters. The fourth-order valence-electron chi connectivity index (χ4n) is 2.59. The number of hydrogen-bond acceptors (Lipinski definition) is 3. The van der Waals surface area contributed by atoms with Crippen molar-refractivity contribution in [3.63, 3.8) is 0 Å². The fourth-order valence-corrected chi connectivity index (χ4v) is 2.59. The number of rotatable bonds is 3. The molecule has 1 aromatic carbocycles. The molecule has 1 fully saturated rings. The molecule has 5 heteroatoms. The van der Waals surface area contributed by atoms with E-state index >= 15 is 0 Å². The van der Waals surface area contributed by atoms with Gasteiger partial charge in [0, 0.05) is 12.4 Å². The zero-order valence-electron chi connectivity index (χ0n) is 11.5. The summed E-state index contributed by atoms with van der Waals surface area (Å²) in [5, 5.41) is 4.31. The van der Waals surface area contributed by atoms with Crippen LogP contribution in [0.4, 0.5) is 0 Å². The Balaban J connectivity index is 0.00000147. The molecule has 108 valence electrons. The number of furan rings is 1. The monoisotopic (exact) mass is 294 g/mol. The Hall–Kier alpha value is -1.52. The zero-order valence-corrected chi connectivity index (χ0v) is 12.3. The van der Waals surface area contributed by atoms with Crippen LogP contribution in [0.5, 0.6) is 0 Å². The summed E-state index contributed by atoms with van der Waals surface area (Å²) in [6.45, 7) is 1.46. The van der Waals surface area contributed by atoms with Gasteiger partial charge >= 0.3 is 0 Å². The lowest BCUT2D eigenvalue weighted by atomic mass is 10.2. The molecule has 0 spiro atoms. The topological polar surface area (TPSA) is 45.5 Å². The normalized spacial score (nSPS) is 17.9. The lowest BCUT2D eigenvalue weighted by molar-refractivity contribution is -0.132. The third-order valence-corrected chi connectivity index (χ3v) is 3.60. The summed E-state index contributed by atoms with van der Waals surface area (Å²) in [7, 11) is 1.83. The van der Waals surface area contributed by atoms with Crippen LogP contribution in [0.1, 0.15) is 18.6 Å². The summed E-state index contributed by atoms with van der Waals surface area (Å²) < 4.78 is 5.74. The Bertz CT molecular complexity index is 557. The summed E-state index contributed by atoms with van der Waals surface area (Å²) in [6, 6.07) is 9.88. The average molecular weight is 295 g/mol. The number of likely N-dealkylation sites (N-methyl/N-ethyl adjacent to an activating group) is 1. The standard InChI is InChI=1S/C15H18N2O2.ClH/c1-17(15(18)13-6-4-8-16-13)10-12-9-11-5-2-3-7-14(11)19-12;/h2-3,5,7,9,13,16H,4,6,8,10H2,1H3;1H. The summed E-state index contributed by atoms with van der Waals surface area (Å²) in [4.78, 5) is 13.9. The van der Waals surface area contributed by atoms with Gasteiger partial charge in [0.2, 0.25) is 5.91 Å². The van der Waals surface area contributed by atoms with Crippen LogP contribution in [0.2, 0.25) is 0 Å². The van der Waals surface area contributed by atoms with Gasteiger partial charge in [0.15, 0.2) is 0 Å². The fraction of sp³-hybridized carbons (Fsp3) is 0.400. The molecule has 4 nitrogen and oxygen atoms in total. The van der Waals surface area contributed by atoms with Gasteiger partial charge in [-0.2, -0.15) is 0 Å². The first-order valence-electron chi connectivity index (χ1n) is 6.70. The molecule has 0 aliphatic carbocycles. The van der Waals surface area contributed by atoms with Gasteiger partial charge in [-0.05, 0) is 31.5 Å². The van der Waals surface area contributed by atoms with Crippen molar-refractivity contribution in [2.75, 3.05) is 13.6 Å². The molecule has 20 heavy (non-hydrogen) atoms. The van der Waals surface area contributed by atoms with Gasteiger partial charge in [0.05, 0.1) is 12.6 Å². The molecule has 1 N–H and O–H groups in total. The predicted molar refractivity (Wildman–Crippen MR) is 81.0 cm³/mol. The minimum Gasteiger partial charge on any atom is -0.459 e. The third-order valence-electron chi connectivity index (χ3n) is 3.60. The van der Waals surface area contributed by atoms with Crippen molar-refractivity contribution in [3.05, 3.63) is 36.1 Å². The summed E-state index contributed by atoms with van der Waals surface area (Å²) >= 11 is 0. The van der Waals surface area contributed by atoms with Crippen molar-refractivity contribution in [1.82, 2.24) is 10.2 Å². The highest BCUT2D eigenvalue weighted by atomic mass is 35.5. The Morgan fingerprint density at radius 2 is 2.25 bits per heavy atom. The van der Waals surface area contributed by atoms with Crippen molar-refractivity contribution in [2.24, 2.45) is 0 Å². The highest BCUT2D eigenvalue weighted by Crippen LogP contribution is 2.20. The minimum absolute atomic E-state index is 0. The van der Waals surface area contributed by atoms with E-state index in [9.17, 15) is 4.79 Å². The van der Waals surface area contributed by atoms with Crippen LogP contribution in [0.15, 0.2) is 34.7 Å². The van der Waals surface area contributed by atoms with Gasteiger partial charge in [-0.1, -0.05) is 18.2 Å². The Morgan fingerprint density at radius 1 is 1.45 bits per heavy atom. The van der Waals surface area contributed by atoms with Crippen LogP contribution in [0.25, 0.3) is 11.0 Å². The smallest absolute Gasteiger partial charge is 0.239 e. The van der Waals surface area contributed by atoms with Gasteiger partial charge < -0.3 is 14.6 Å². The lowest BCUT2D eigenvalue weighted by Crippen LogP contribution is -2.41. The molecule has 1 amide bonds. The highest BCUT2D eigenvalue weighted by molar-refractivity contribution is 5.85. The number of carbonyl (C=O) groups excluding carboxylic acids is 1. The van der Waals surface area contributed by atoms with E-state index in [4.69, 9.17) is 4.42 Å². The molecule has 1 aliphatic heterocycles. The van der Waals surface area contributed by atoms with Crippen LogP contribution in [-0.4, -0.2) is 30.4 Å². The number of nitrogens with one attached hydrogen (secondary N) is 1. The molecular formula is C15H19ClN2O2. The van der Waals surface area contributed by atoms with Crippen molar-refractivity contribution in [3.8, 4) is 0 Å². The SMILES string of the molecule is CN(Cc1cc2ccccc2o1)C(=O)C1CCCN1.Cl. The third kappa shape index (κ3) is 2.97.